The number of amidine groups is 1. The third-order valence-electron chi connectivity index (χ3n) is 2.34. The summed E-state index contributed by atoms with van der Waals surface area (Å²) in [6.07, 6.45) is 1.23. The van der Waals surface area contributed by atoms with E-state index in [0.29, 0.717) is 13.0 Å². The molecule has 6 nitrogen and oxygen atoms in total. The van der Waals surface area contributed by atoms with E-state index in [-0.39, 0.29) is 17.8 Å². The van der Waals surface area contributed by atoms with E-state index in [2.05, 4.69) is 10.5 Å². The molecule has 0 aliphatic heterocycles. The third-order valence-corrected chi connectivity index (χ3v) is 2.34. The summed E-state index contributed by atoms with van der Waals surface area (Å²) in [7, 11) is 1.61. The molecule has 0 aromatic carbocycles. The van der Waals surface area contributed by atoms with Gasteiger partial charge in [-0.1, -0.05) is 12.1 Å². The van der Waals surface area contributed by atoms with Crippen molar-refractivity contribution in [1.29, 1.82) is 0 Å². The van der Waals surface area contributed by atoms with Gasteiger partial charge in [0.15, 0.2) is 5.84 Å². The van der Waals surface area contributed by atoms with E-state index in [1.807, 2.05) is 13.8 Å². The quantitative estimate of drug-likeness (QED) is 0.254. The molecule has 0 aliphatic carbocycles. The largest absolute Gasteiger partial charge is 0.409 e. The second kappa shape index (κ2) is 7.92. The zero-order chi connectivity index (χ0) is 12.6. The standard InChI is InChI=1S/C10H21N3O3/c1-4-8(9(11)13-15)10(14)12-7(2)5-6-16-3/h7-8,15H,4-6H2,1-3H3,(H2,11,13)(H,12,14). The Morgan fingerprint density at radius 3 is 2.69 bits per heavy atom. The number of rotatable bonds is 7. The number of oxime groups is 1. The summed E-state index contributed by atoms with van der Waals surface area (Å²) in [5, 5.41) is 14.2. The smallest absolute Gasteiger partial charge is 0.231 e. The van der Waals surface area contributed by atoms with Crippen LogP contribution in [0.2, 0.25) is 0 Å². The number of hydrogen-bond acceptors (Lipinski definition) is 4. The fraction of sp³-hybridized carbons (Fsp3) is 0.800. The molecule has 0 radical (unpaired) electrons. The van der Waals surface area contributed by atoms with Crippen molar-refractivity contribution in [3.05, 3.63) is 0 Å². The van der Waals surface area contributed by atoms with Gasteiger partial charge < -0.3 is 21.0 Å². The molecule has 0 heterocycles. The number of ether oxygens (including phenoxy) is 1. The van der Waals surface area contributed by atoms with Crippen LogP contribution >= 0.6 is 0 Å². The van der Waals surface area contributed by atoms with E-state index in [1.165, 1.54) is 0 Å². The fourth-order valence-electron chi connectivity index (χ4n) is 1.31. The predicted octanol–water partition coefficient (Wildman–Crippen LogP) is 0.300. The number of carbonyl (C=O) groups is 1. The van der Waals surface area contributed by atoms with Crippen molar-refractivity contribution in [2.24, 2.45) is 16.8 Å². The molecule has 2 unspecified atom stereocenters. The van der Waals surface area contributed by atoms with E-state index in [1.54, 1.807) is 7.11 Å². The van der Waals surface area contributed by atoms with Crippen LogP contribution in [0.5, 0.6) is 0 Å². The summed E-state index contributed by atoms with van der Waals surface area (Å²) in [4.78, 5) is 11.7. The second-order valence-corrected chi connectivity index (χ2v) is 3.68. The van der Waals surface area contributed by atoms with Gasteiger partial charge in [0, 0.05) is 19.8 Å². The Kier molecular flexibility index (Phi) is 7.28. The number of carbonyl (C=O) groups excluding carboxylic acids is 1. The van der Waals surface area contributed by atoms with Gasteiger partial charge in [-0.05, 0) is 19.8 Å². The minimum absolute atomic E-state index is 0.00740. The van der Waals surface area contributed by atoms with Crippen LogP contribution in [0, 0.1) is 5.92 Å². The lowest BCUT2D eigenvalue weighted by Crippen LogP contribution is -2.42. The normalized spacial score (nSPS) is 15.6. The molecule has 2 atom stereocenters. The third kappa shape index (κ3) is 4.97. The van der Waals surface area contributed by atoms with Gasteiger partial charge in [0.05, 0.1) is 5.92 Å². The zero-order valence-corrected chi connectivity index (χ0v) is 10.1. The summed E-state index contributed by atoms with van der Waals surface area (Å²) >= 11 is 0. The first kappa shape index (κ1) is 14.7. The van der Waals surface area contributed by atoms with Crippen LogP contribution < -0.4 is 11.1 Å². The van der Waals surface area contributed by atoms with E-state index in [0.717, 1.165) is 6.42 Å². The maximum Gasteiger partial charge on any atom is 0.231 e. The molecule has 16 heavy (non-hydrogen) atoms. The molecule has 0 aromatic heterocycles. The first-order chi connectivity index (χ1) is 7.56. The van der Waals surface area contributed by atoms with Gasteiger partial charge in [0.1, 0.15) is 0 Å². The molecule has 0 rings (SSSR count). The first-order valence-electron chi connectivity index (χ1n) is 5.33. The van der Waals surface area contributed by atoms with Crippen molar-refractivity contribution in [1.82, 2.24) is 5.32 Å². The molecule has 1 amide bonds. The lowest BCUT2D eigenvalue weighted by Gasteiger charge is -2.18. The highest BCUT2D eigenvalue weighted by Crippen LogP contribution is 2.04. The summed E-state index contributed by atoms with van der Waals surface area (Å²) in [6, 6.07) is 0.00740. The molecule has 0 aliphatic rings. The summed E-state index contributed by atoms with van der Waals surface area (Å²) < 4.78 is 4.91. The van der Waals surface area contributed by atoms with Gasteiger partial charge in [-0.25, -0.2) is 0 Å². The highest BCUT2D eigenvalue weighted by molar-refractivity contribution is 6.02. The molecule has 0 spiro atoms. The average Bonchev–Trinajstić information content (AvgIpc) is 2.26. The van der Waals surface area contributed by atoms with Gasteiger partial charge >= 0.3 is 0 Å². The van der Waals surface area contributed by atoms with E-state index in [9.17, 15) is 4.79 Å². The van der Waals surface area contributed by atoms with Crippen LogP contribution in [0.1, 0.15) is 26.7 Å². The Labute approximate surface area is 95.8 Å². The Morgan fingerprint density at radius 1 is 1.62 bits per heavy atom. The molecule has 0 aromatic rings. The minimum atomic E-state index is -0.574. The Balaban J connectivity index is 4.21. The molecular weight excluding hydrogens is 210 g/mol. The maximum atomic E-state index is 11.7. The van der Waals surface area contributed by atoms with Crippen molar-refractivity contribution >= 4 is 11.7 Å². The molecular formula is C10H21N3O3. The van der Waals surface area contributed by atoms with Crippen molar-refractivity contribution in [2.45, 2.75) is 32.7 Å². The number of amides is 1. The van der Waals surface area contributed by atoms with Crippen molar-refractivity contribution in [2.75, 3.05) is 13.7 Å². The van der Waals surface area contributed by atoms with Gasteiger partial charge in [-0.3, -0.25) is 4.79 Å². The highest BCUT2D eigenvalue weighted by atomic mass is 16.5. The number of nitrogens with zero attached hydrogens (tertiary/aromatic N) is 1. The monoisotopic (exact) mass is 231 g/mol. The zero-order valence-electron chi connectivity index (χ0n) is 10.1. The van der Waals surface area contributed by atoms with Crippen molar-refractivity contribution in [3.8, 4) is 0 Å². The molecule has 4 N–H and O–H groups in total. The number of methoxy groups -OCH3 is 1. The lowest BCUT2D eigenvalue weighted by atomic mass is 10.0. The van der Waals surface area contributed by atoms with Crippen LogP contribution in [-0.4, -0.2) is 36.7 Å². The number of nitrogens with two attached hydrogens (primary N) is 1. The highest BCUT2D eigenvalue weighted by Gasteiger charge is 2.22. The lowest BCUT2D eigenvalue weighted by molar-refractivity contribution is -0.123. The van der Waals surface area contributed by atoms with Crippen LogP contribution in [0.4, 0.5) is 0 Å². The Morgan fingerprint density at radius 2 is 2.25 bits per heavy atom. The van der Waals surface area contributed by atoms with Crippen LogP contribution in [0.3, 0.4) is 0 Å². The van der Waals surface area contributed by atoms with Gasteiger partial charge in [0.2, 0.25) is 5.91 Å². The maximum absolute atomic E-state index is 11.7. The van der Waals surface area contributed by atoms with Gasteiger partial charge in [-0.15, -0.1) is 0 Å². The SMILES string of the molecule is CCC(C(=O)NC(C)CCOC)C(N)=NO. The average molecular weight is 231 g/mol. The minimum Gasteiger partial charge on any atom is -0.409 e. The Bertz CT molecular complexity index is 243. The van der Waals surface area contributed by atoms with Crippen molar-refractivity contribution < 1.29 is 14.7 Å². The molecule has 0 saturated carbocycles. The summed E-state index contributed by atoms with van der Waals surface area (Å²) in [5.41, 5.74) is 5.42. The van der Waals surface area contributed by atoms with Crippen molar-refractivity contribution in [3.63, 3.8) is 0 Å². The summed E-state index contributed by atoms with van der Waals surface area (Å²) in [6.45, 7) is 4.28. The molecule has 94 valence electrons. The Hall–Kier alpha value is -1.30. The van der Waals surface area contributed by atoms with E-state index < -0.39 is 5.92 Å². The number of nitrogens with one attached hydrogen (secondary N) is 1. The van der Waals surface area contributed by atoms with Crippen LogP contribution in [-0.2, 0) is 9.53 Å². The number of hydrogen-bond donors (Lipinski definition) is 3. The van der Waals surface area contributed by atoms with E-state index in [4.69, 9.17) is 15.7 Å². The summed E-state index contributed by atoms with van der Waals surface area (Å²) in [5.74, 6) is -0.852. The van der Waals surface area contributed by atoms with Crippen LogP contribution in [0.25, 0.3) is 0 Å². The first-order valence-corrected chi connectivity index (χ1v) is 5.33. The molecule has 0 saturated heterocycles. The molecule has 6 heteroatoms. The van der Waals surface area contributed by atoms with E-state index >= 15 is 0 Å². The molecule has 0 fully saturated rings. The van der Waals surface area contributed by atoms with Crippen LogP contribution in [0.15, 0.2) is 5.16 Å². The van der Waals surface area contributed by atoms with Gasteiger partial charge in [0.25, 0.3) is 0 Å². The predicted molar refractivity (Wildman–Crippen MR) is 61.3 cm³/mol. The fourth-order valence-corrected chi connectivity index (χ4v) is 1.31. The van der Waals surface area contributed by atoms with Gasteiger partial charge in [-0.2, -0.15) is 0 Å². The second-order valence-electron chi connectivity index (χ2n) is 3.68. The molecule has 0 bridgehead atoms. The topological polar surface area (TPSA) is 96.9 Å².